The Labute approximate surface area is 245 Å². The van der Waals surface area contributed by atoms with Crippen LogP contribution in [0.15, 0.2) is 22.2 Å². The Morgan fingerprint density at radius 1 is 1.07 bits per heavy atom. The fourth-order valence-corrected chi connectivity index (χ4v) is 12.0. The minimum atomic E-state index is -3.70. The standard InChI is InChI=1S/C30H46N4O5SSi/c1-19(2)41(20(3)4,21(5)6)16-15-22-17-26(35)34(27-25(22)18-31-28(33-27)40(10,37)38)24-13-11-23(12-14-24)32-29(36)39-30(7,8)9/h17-21,23-24H,11-14H2,1-10H3,(H,32,36). The van der Waals surface area contributed by atoms with Crippen molar-refractivity contribution in [1.29, 1.82) is 0 Å². The first-order valence-corrected chi connectivity index (χ1v) is 18.6. The van der Waals surface area contributed by atoms with Crippen LogP contribution < -0.4 is 10.9 Å². The highest BCUT2D eigenvalue weighted by Gasteiger charge is 2.41. The summed E-state index contributed by atoms with van der Waals surface area (Å²) in [7, 11) is -5.79. The Morgan fingerprint density at radius 2 is 1.63 bits per heavy atom. The minimum Gasteiger partial charge on any atom is -0.444 e. The number of carbonyl (C=O) groups is 1. The third-order valence-corrected chi connectivity index (χ3v) is 15.3. The summed E-state index contributed by atoms with van der Waals surface area (Å²) >= 11 is 0. The zero-order valence-electron chi connectivity index (χ0n) is 26.2. The Kier molecular flexibility index (Phi) is 9.81. The smallest absolute Gasteiger partial charge is 0.407 e. The zero-order valence-corrected chi connectivity index (χ0v) is 28.0. The molecular weight excluding hydrogens is 557 g/mol. The van der Waals surface area contributed by atoms with E-state index >= 15 is 0 Å². The average molecular weight is 603 g/mol. The van der Waals surface area contributed by atoms with Gasteiger partial charge in [0.1, 0.15) is 19.3 Å². The number of pyridine rings is 1. The number of rotatable bonds is 6. The van der Waals surface area contributed by atoms with Gasteiger partial charge in [0.05, 0.1) is 5.39 Å². The molecule has 0 aliphatic heterocycles. The number of hydrogen-bond donors (Lipinski definition) is 1. The summed E-state index contributed by atoms with van der Waals surface area (Å²) in [5, 5.41) is 3.17. The molecule has 2 aromatic heterocycles. The highest BCUT2D eigenvalue weighted by atomic mass is 32.2. The summed E-state index contributed by atoms with van der Waals surface area (Å²) in [4.78, 5) is 34.5. The second-order valence-electron chi connectivity index (χ2n) is 13.2. The van der Waals surface area contributed by atoms with E-state index in [0.29, 0.717) is 53.3 Å². The van der Waals surface area contributed by atoms with Crippen molar-refractivity contribution in [3.8, 4) is 11.5 Å². The van der Waals surface area contributed by atoms with Crippen molar-refractivity contribution in [3.05, 3.63) is 28.2 Å². The van der Waals surface area contributed by atoms with Gasteiger partial charge in [-0.15, -0.1) is 5.54 Å². The van der Waals surface area contributed by atoms with Crippen LogP contribution in [-0.2, 0) is 14.6 Å². The number of carbonyl (C=O) groups excluding carboxylic acids is 1. The van der Waals surface area contributed by atoms with E-state index in [1.54, 1.807) is 10.6 Å². The summed E-state index contributed by atoms with van der Waals surface area (Å²) in [5.41, 5.74) is 4.87. The van der Waals surface area contributed by atoms with Crippen LogP contribution in [0.2, 0.25) is 16.6 Å². The van der Waals surface area contributed by atoms with Gasteiger partial charge in [0.25, 0.3) is 5.56 Å². The lowest BCUT2D eigenvalue weighted by atomic mass is 9.90. The number of ether oxygens (including phenoxy) is 1. The van der Waals surface area contributed by atoms with Gasteiger partial charge >= 0.3 is 6.09 Å². The van der Waals surface area contributed by atoms with Gasteiger partial charge in [0.15, 0.2) is 0 Å². The molecule has 0 unspecified atom stereocenters. The maximum atomic E-state index is 13.7. The van der Waals surface area contributed by atoms with Gasteiger partial charge in [-0.05, 0) is 63.1 Å². The van der Waals surface area contributed by atoms with Crippen molar-refractivity contribution < 1.29 is 17.9 Å². The molecule has 2 heterocycles. The largest absolute Gasteiger partial charge is 0.444 e. The third-order valence-electron chi connectivity index (χ3n) is 8.16. The molecule has 2 aromatic rings. The molecule has 0 atom stereocenters. The van der Waals surface area contributed by atoms with Crippen LogP contribution in [0.3, 0.4) is 0 Å². The van der Waals surface area contributed by atoms with Crippen LogP contribution in [0.5, 0.6) is 0 Å². The van der Waals surface area contributed by atoms with Gasteiger partial charge in [0.2, 0.25) is 15.0 Å². The van der Waals surface area contributed by atoms with Crippen molar-refractivity contribution in [2.75, 3.05) is 6.26 Å². The molecule has 1 saturated carbocycles. The maximum absolute atomic E-state index is 13.7. The molecule has 0 radical (unpaired) electrons. The molecule has 0 saturated heterocycles. The number of nitrogens with one attached hydrogen (secondary N) is 1. The van der Waals surface area contributed by atoms with Crippen molar-refractivity contribution >= 4 is 35.0 Å². The number of hydrogen-bond acceptors (Lipinski definition) is 7. The van der Waals surface area contributed by atoms with Crippen LogP contribution >= 0.6 is 0 Å². The summed E-state index contributed by atoms with van der Waals surface area (Å²) in [6.45, 7) is 18.8. The fourth-order valence-electron chi connectivity index (χ4n) is 6.30. The molecule has 1 aliphatic carbocycles. The van der Waals surface area contributed by atoms with Crippen molar-refractivity contribution in [2.45, 2.75) is 127 Å². The molecule has 0 bridgehead atoms. The summed E-state index contributed by atoms with van der Waals surface area (Å²) < 4.78 is 31.7. The molecule has 9 nitrogen and oxygen atoms in total. The Morgan fingerprint density at radius 3 is 2.12 bits per heavy atom. The number of nitrogens with zero attached hydrogens (tertiary/aromatic N) is 3. The van der Waals surface area contributed by atoms with Gasteiger partial charge in [-0.1, -0.05) is 47.5 Å². The predicted octanol–water partition coefficient (Wildman–Crippen LogP) is 5.77. The first-order chi connectivity index (χ1) is 18.9. The SMILES string of the molecule is CC(C)[Si](C#Cc1cc(=O)n(C2CCC(NC(=O)OC(C)(C)C)CC2)c2nc(S(C)(=O)=O)ncc12)(C(C)C)C(C)C. The third kappa shape index (κ3) is 7.39. The van der Waals surface area contributed by atoms with Crippen LogP contribution in [0.25, 0.3) is 11.0 Å². The number of amides is 1. The van der Waals surface area contributed by atoms with E-state index in [1.807, 2.05) is 20.8 Å². The normalized spacial score (nSPS) is 18.5. The zero-order chi connectivity index (χ0) is 30.9. The lowest BCUT2D eigenvalue weighted by molar-refractivity contribution is 0.0488. The molecule has 226 valence electrons. The van der Waals surface area contributed by atoms with Crippen molar-refractivity contribution in [3.63, 3.8) is 0 Å². The van der Waals surface area contributed by atoms with E-state index in [2.05, 4.69) is 68.3 Å². The van der Waals surface area contributed by atoms with Gasteiger partial charge in [-0.25, -0.2) is 18.2 Å². The van der Waals surface area contributed by atoms with E-state index in [9.17, 15) is 18.0 Å². The molecule has 1 N–H and O–H groups in total. The summed E-state index contributed by atoms with van der Waals surface area (Å²) in [5.74, 6) is 3.36. The van der Waals surface area contributed by atoms with E-state index in [0.717, 1.165) is 6.26 Å². The van der Waals surface area contributed by atoms with E-state index in [4.69, 9.17) is 4.74 Å². The maximum Gasteiger partial charge on any atom is 0.407 e. The highest BCUT2D eigenvalue weighted by Crippen LogP contribution is 2.41. The highest BCUT2D eigenvalue weighted by molar-refractivity contribution is 7.90. The molecule has 1 amide bonds. The number of fused-ring (bicyclic) bond motifs is 1. The second kappa shape index (κ2) is 12.3. The number of sulfone groups is 1. The molecule has 3 rings (SSSR count). The molecule has 41 heavy (non-hydrogen) atoms. The first kappa shape index (κ1) is 32.8. The van der Waals surface area contributed by atoms with Gasteiger partial charge in [-0.3, -0.25) is 9.36 Å². The monoisotopic (exact) mass is 602 g/mol. The molecule has 11 heteroatoms. The molecule has 1 aliphatic rings. The topological polar surface area (TPSA) is 120 Å². The first-order valence-electron chi connectivity index (χ1n) is 14.5. The van der Waals surface area contributed by atoms with Gasteiger partial charge in [-0.2, -0.15) is 4.98 Å². The molecule has 0 aromatic carbocycles. The lowest BCUT2D eigenvalue weighted by Crippen LogP contribution is -2.43. The van der Waals surface area contributed by atoms with E-state index in [-0.39, 0.29) is 28.4 Å². The van der Waals surface area contributed by atoms with Crippen LogP contribution in [0.4, 0.5) is 4.79 Å². The number of aromatic nitrogens is 3. The fraction of sp³-hybridized carbons (Fsp3) is 0.667. The molecular formula is C30H46N4O5SSi. The quantitative estimate of drug-likeness (QED) is 0.253. The molecule has 0 spiro atoms. The van der Waals surface area contributed by atoms with E-state index < -0.39 is 29.6 Å². The lowest BCUT2D eigenvalue weighted by Gasteiger charge is -2.38. The Bertz CT molecular complexity index is 1480. The van der Waals surface area contributed by atoms with Crippen LogP contribution in [0.1, 0.15) is 99.6 Å². The molecule has 1 fully saturated rings. The van der Waals surface area contributed by atoms with Crippen LogP contribution in [-0.4, -0.2) is 55.0 Å². The summed E-state index contributed by atoms with van der Waals surface area (Å²) in [6, 6.07) is 1.27. The van der Waals surface area contributed by atoms with Gasteiger partial charge < -0.3 is 10.1 Å². The minimum absolute atomic E-state index is 0.0735. The number of alkyl carbamates (subject to hydrolysis) is 1. The summed E-state index contributed by atoms with van der Waals surface area (Å²) in [6.07, 6.45) is 4.61. The Hall–Kier alpha value is -2.71. The van der Waals surface area contributed by atoms with E-state index in [1.165, 1.54) is 6.20 Å². The van der Waals surface area contributed by atoms with Crippen molar-refractivity contribution in [1.82, 2.24) is 19.9 Å². The average Bonchev–Trinajstić information content (AvgIpc) is 2.82. The second-order valence-corrected chi connectivity index (χ2v) is 20.7. The van der Waals surface area contributed by atoms with Gasteiger partial charge in [0, 0.05) is 36.2 Å². The predicted molar refractivity (Wildman–Crippen MR) is 165 cm³/mol. The van der Waals surface area contributed by atoms with Crippen LogP contribution in [0, 0.1) is 11.5 Å². The Balaban J connectivity index is 2.08. The van der Waals surface area contributed by atoms with Crippen molar-refractivity contribution in [2.24, 2.45) is 0 Å².